The van der Waals surface area contributed by atoms with E-state index in [9.17, 15) is 4.79 Å². The molecule has 118 valence electrons. The number of carbonyl (C=O) groups is 1. The molecule has 0 unspecified atom stereocenters. The van der Waals surface area contributed by atoms with Crippen LogP contribution < -0.4 is 10.6 Å². The maximum Gasteiger partial charge on any atom is 0.408 e. The Morgan fingerprint density at radius 1 is 1.48 bits per heavy atom. The molecule has 1 fully saturated rings. The molecular formula is C15H23BrN2O2S. The van der Waals surface area contributed by atoms with Gasteiger partial charge in [-0.15, -0.1) is 11.3 Å². The molecule has 0 radical (unpaired) electrons. The summed E-state index contributed by atoms with van der Waals surface area (Å²) in [5.41, 5.74) is 0.666. The molecule has 1 aromatic rings. The van der Waals surface area contributed by atoms with Crippen LogP contribution in [0.3, 0.4) is 0 Å². The van der Waals surface area contributed by atoms with Gasteiger partial charge in [0.25, 0.3) is 0 Å². The van der Waals surface area contributed by atoms with Crippen LogP contribution in [-0.4, -0.2) is 23.8 Å². The molecule has 0 spiro atoms. The van der Waals surface area contributed by atoms with Crippen LogP contribution in [0.15, 0.2) is 15.2 Å². The Hall–Kier alpha value is -0.590. The first-order chi connectivity index (χ1) is 9.78. The van der Waals surface area contributed by atoms with Gasteiger partial charge in [-0.1, -0.05) is 0 Å². The second-order valence-electron chi connectivity index (χ2n) is 6.62. The maximum atomic E-state index is 11.9. The van der Waals surface area contributed by atoms with Crippen molar-refractivity contribution in [1.29, 1.82) is 0 Å². The summed E-state index contributed by atoms with van der Waals surface area (Å²) in [6.07, 6.45) is 2.85. The SMILES string of the molecule is CC(C)(C)OC(=O)NC1(CNCc2csc(Br)c2)CCC1. The van der Waals surface area contributed by atoms with Gasteiger partial charge in [-0.3, -0.25) is 0 Å². The van der Waals surface area contributed by atoms with Crippen LogP contribution in [0.5, 0.6) is 0 Å². The van der Waals surface area contributed by atoms with E-state index in [1.54, 1.807) is 11.3 Å². The van der Waals surface area contributed by atoms with Crippen molar-refractivity contribution in [2.75, 3.05) is 6.54 Å². The topological polar surface area (TPSA) is 50.4 Å². The first-order valence-electron chi connectivity index (χ1n) is 7.23. The van der Waals surface area contributed by atoms with Gasteiger partial charge in [-0.25, -0.2) is 4.79 Å². The normalized spacial score (nSPS) is 17.1. The highest BCUT2D eigenvalue weighted by Gasteiger charge is 2.39. The maximum absolute atomic E-state index is 11.9. The Morgan fingerprint density at radius 3 is 2.67 bits per heavy atom. The molecule has 0 atom stereocenters. The molecule has 0 aromatic carbocycles. The number of alkyl carbamates (subject to hydrolysis) is 1. The highest BCUT2D eigenvalue weighted by molar-refractivity contribution is 9.11. The zero-order valence-electron chi connectivity index (χ0n) is 12.8. The average Bonchev–Trinajstić information content (AvgIpc) is 2.69. The molecule has 1 aliphatic carbocycles. The van der Waals surface area contributed by atoms with Crippen LogP contribution in [-0.2, 0) is 11.3 Å². The molecular weight excluding hydrogens is 352 g/mol. The minimum Gasteiger partial charge on any atom is -0.444 e. The van der Waals surface area contributed by atoms with Gasteiger partial charge in [0.2, 0.25) is 0 Å². The fourth-order valence-corrected chi connectivity index (χ4v) is 3.56. The lowest BCUT2D eigenvalue weighted by atomic mass is 9.76. The van der Waals surface area contributed by atoms with Crippen LogP contribution in [0, 0.1) is 0 Å². The van der Waals surface area contributed by atoms with E-state index in [0.29, 0.717) is 0 Å². The van der Waals surface area contributed by atoms with Gasteiger partial charge in [0.1, 0.15) is 5.60 Å². The lowest BCUT2D eigenvalue weighted by molar-refractivity contribution is 0.0382. The first-order valence-corrected chi connectivity index (χ1v) is 8.90. The zero-order valence-corrected chi connectivity index (χ0v) is 15.2. The third-order valence-electron chi connectivity index (χ3n) is 3.49. The number of carbonyl (C=O) groups excluding carboxylic acids is 1. The summed E-state index contributed by atoms with van der Waals surface area (Å²) in [6.45, 7) is 7.24. The van der Waals surface area contributed by atoms with Gasteiger partial charge in [0.15, 0.2) is 0 Å². The van der Waals surface area contributed by atoms with Gasteiger partial charge < -0.3 is 15.4 Å². The summed E-state index contributed by atoms with van der Waals surface area (Å²) in [4.78, 5) is 11.9. The highest BCUT2D eigenvalue weighted by atomic mass is 79.9. The van der Waals surface area contributed by atoms with Crippen LogP contribution in [0.4, 0.5) is 4.79 Å². The van der Waals surface area contributed by atoms with E-state index in [-0.39, 0.29) is 11.6 Å². The Labute approximate surface area is 138 Å². The number of hydrogen-bond donors (Lipinski definition) is 2. The molecule has 6 heteroatoms. The molecule has 0 aliphatic heterocycles. The largest absolute Gasteiger partial charge is 0.444 e. The predicted octanol–water partition coefficient (Wildman–Crippen LogP) is 4.05. The fraction of sp³-hybridized carbons (Fsp3) is 0.667. The fourth-order valence-electron chi connectivity index (χ4n) is 2.35. The number of thiophene rings is 1. The summed E-state index contributed by atoms with van der Waals surface area (Å²) < 4.78 is 6.50. The summed E-state index contributed by atoms with van der Waals surface area (Å²) in [6, 6.07) is 2.12. The van der Waals surface area contributed by atoms with Gasteiger partial charge in [-0.2, -0.15) is 0 Å². The molecule has 1 heterocycles. The van der Waals surface area contributed by atoms with Crippen LogP contribution in [0.1, 0.15) is 45.6 Å². The molecule has 0 saturated heterocycles. The molecule has 21 heavy (non-hydrogen) atoms. The van der Waals surface area contributed by atoms with E-state index in [2.05, 4.69) is 38.0 Å². The van der Waals surface area contributed by atoms with E-state index in [4.69, 9.17) is 4.74 Å². The predicted molar refractivity (Wildman–Crippen MR) is 89.7 cm³/mol. The molecule has 2 rings (SSSR count). The Morgan fingerprint density at radius 2 is 2.19 bits per heavy atom. The standard InChI is InChI=1S/C15H23BrN2O2S/c1-14(2,3)20-13(19)18-15(5-4-6-15)10-17-8-11-7-12(16)21-9-11/h7,9,17H,4-6,8,10H2,1-3H3,(H,18,19). The zero-order chi connectivity index (χ0) is 15.5. The van der Waals surface area contributed by atoms with Gasteiger partial charge in [0.05, 0.1) is 9.33 Å². The van der Waals surface area contributed by atoms with E-state index in [1.807, 2.05) is 20.8 Å². The van der Waals surface area contributed by atoms with Crippen molar-refractivity contribution in [3.05, 3.63) is 20.8 Å². The van der Waals surface area contributed by atoms with Crippen molar-refractivity contribution >= 4 is 33.4 Å². The molecule has 1 aromatic heterocycles. The lowest BCUT2D eigenvalue weighted by Crippen LogP contribution is -2.59. The monoisotopic (exact) mass is 374 g/mol. The smallest absolute Gasteiger partial charge is 0.408 e. The third-order valence-corrected chi connectivity index (χ3v) is 5.04. The number of halogens is 1. The van der Waals surface area contributed by atoms with Crippen molar-refractivity contribution < 1.29 is 9.53 Å². The lowest BCUT2D eigenvalue weighted by Gasteiger charge is -2.42. The van der Waals surface area contributed by atoms with Gasteiger partial charge in [-0.05, 0) is 73.0 Å². The van der Waals surface area contributed by atoms with Gasteiger partial charge >= 0.3 is 6.09 Å². The number of rotatable bonds is 5. The number of nitrogens with one attached hydrogen (secondary N) is 2. The van der Waals surface area contributed by atoms with Crippen molar-refractivity contribution in [2.24, 2.45) is 0 Å². The third kappa shape index (κ3) is 5.27. The molecule has 4 nitrogen and oxygen atoms in total. The highest BCUT2D eigenvalue weighted by Crippen LogP contribution is 2.31. The van der Waals surface area contributed by atoms with E-state index < -0.39 is 5.60 Å². The number of amides is 1. The Bertz CT molecular complexity index is 492. The van der Waals surface area contributed by atoms with Crippen LogP contribution >= 0.6 is 27.3 Å². The van der Waals surface area contributed by atoms with E-state index >= 15 is 0 Å². The summed E-state index contributed by atoms with van der Waals surface area (Å²) in [7, 11) is 0. The van der Waals surface area contributed by atoms with Crippen molar-refractivity contribution in [3.63, 3.8) is 0 Å². The molecule has 0 bridgehead atoms. The summed E-state index contributed by atoms with van der Waals surface area (Å²) in [5, 5.41) is 8.62. The number of ether oxygens (including phenoxy) is 1. The first kappa shape index (κ1) is 16.8. The second kappa shape index (κ2) is 6.67. The van der Waals surface area contributed by atoms with E-state index in [1.165, 1.54) is 5.56 Å². The van der Waals surface area contributed by atoms with Crippen molar-refractivity contribution in [3.8, 4) is 0 Å². The molecule has 1 saturated carbocycles. The quantitative estimate of drug-likeness (QED) is 0.817. The summed E-state index contributed by atoms with van der Waals surface area (Å²) in [5.74, 6) is 0. The number of hydrogen-bond acceptors (Lipinski definition) is 4. The Kier molecular flexibility index (Phi) is 5.33. The van der Waals surface area contributed by atoms with Crippen LogP contribution in [0.25, 0.3) is 0 Å². The van der Waals surface area contributed by atoms with Gasteiger partial charge in [0, 0.05) is 13.1 Å². The van der Waals surface area contributed by atoms with Crippen LogP contribution in [0.2, 0.25) is 0 Å². The molecule has 2 N–H and O–H groups in total. The van der Waals surface area contributed by atoms with E-state index in [0.717, 1.165) is 36.1 Å². The van der Waals surface area contributed by atoms with Crippen molar-refractivity contribution in [2.45, 2.75) is 57.7 Å². The molecule has 1 aliphatic rings. The van der Waals surface area contributed by atoms with Crippen molar-refractivity contribution in [1.82, 2.24) is 10.6 Å². The Balaban J connectivity index is 1.80. The summed E-state index contributed by atoms with van der Waals surface area (Å²) >= 11 is 5.15. The minimum absolute atomic E-state index is 0.143. The second-order valence-corrected chi connectivity index (χ2v) is 8.91. The average molecular weight is 375 g/mol. The minimum atomic E-state index is -0.453. The molecule has 1 amide bonds.